The maximum absolute atomic E-state index is 13.7. The number of rotatable bonds is 19. The first-order valence-electron chi connectivity index (χ1n) is 24.3. The maximum atomic E-state index is 13.7. The molecule has 4 aromatic rings. The van der Waals surface area contributed by atoms with Crippen LogP contribution in [0.25, 0.3) is 0 Å². The fourth-order valence-corrected chi connectivity index (χ4v) is 9.81. The van der Waals surface area contributed by atoms with E-state index in [1.807, 2.05) is 60.7 Å². The van der Waals surface area contributed by atoms with Crippen molar-refractivity contribution in [2.24, 2.45) is 10.8 Å². The molecule has 10 nitrogen and oxygen atoms in total. The number of benzene rings is 4. The summed E-state index contributed by atoms with van der Waals surface area (Å²) in [4.78, 5) is 27.4. The van der Waals surface area contributed by atoms with E-state index in [2.05, 4.69) is 138 Å². The van der Waals surface area contributed by atoms with Crippen LogP contribution in [0.15, 0.2) is 97.1 Å². The lowest BCUT2D eigenvalue weighted by Gasteiger charge is -2.40. The van der Waals surface area contributed by atoms with Crippen LogP contribution in [0.4, 0.5) is 11.4 Å². The Kier molecular flexibility index (Phi) is 16.5. The van der Waals surface area contributed by atoms with E-state index in [1.165, 1.54) is 22.3 Å². The highest BCUT2D eigenvalue weighted by Crippen LogP contribution is 2.40. The number of nitrogens with one attached hydrogen (secondary N) is 6. The van der Waals surface area contributed by atoms with Gasteiger partial charge in [-0.15, -0.1) is 0 Å². The number of fused-ring (bicyclic) bond motifs is 2. The van der Waals surface area contributed by atoms with Crippen LogP contribution in [0.3, 0.4) is 0 Å². The highest BCUT2D eigenvalue weighted by Gasteiger charge is 2.35. The van der Waals surface area contributed by atoms with Gasteiger partial charge in [-0.2, -0.15) is 0 Å². The zero-order chi connectivity index (χ0) is 47.9. The lowest BCUT2D eigenvalue weighted by atomic mass is 9.82. The normalized spacial score (nSPS) is 19.5. The number of anilines is 2. The number of amides is 2. The van der Waals surface area contributed by atoms with Gasteiger partial charge in [0.1, 0.15) is 0 Å². The van der Waals surface area contributed by atoms with Gasteiger partial charge in [0.05, 0.1) is 24.3 Å². The van der Waals surface area contributed by atoms with E-state index in [0.717, 1.165) is 48.2 Å². The molecule has 2 amide bonds. The van der Waals surface area contributed by atoms with Crippen LogP contribution in [0.1, 0.15) is 140 Å². The lowest BCUT2D eigenvalue weighted by Crippen LogP contribution is -2.51. The molecule has 6 rings (SSSR count). The fraction of sp³-hybridized carbons (Fsp3) is 0.536. The molecule has 0 aromatic heterocycles. The number of carbonyl (C=O) groups excluding carboxylic acids is 2. The van der Waals surface area contributed by atoms with E-state index >= 15 is 0 Å². The molecule has 0 fully saturated rings. The van der Waals surface area contributed by atoms with Crippen molar-refractivity contribution in [3.63, 3.8) is 0 Å². The van der Waals surface area contributed by atoms with Crippen molar-refractivity contribution in [2.45, 2.75) is 168 Å². The Balaban J connectivity index is 1.09. The van der Waals surface area contributed by atoms with Crippen LogP contribution in [0.2, 0.25) is 0 Å². The van der Waals surface area contributed by atoms with Crippen LogP contribution in [-0.4, -0.2) is 70.5 Å². The molecule has 0 radical (unpaired) electrons. The van der Waals surface area contributed by atoms with Crippen LogP contribution in [-0.2, 0) is 35.3 Å². The molecular weight excluding hydrogens is 821 g/mol. The van der Waals surface area contributed by atoms with Crippen molar-refractivity contribution >= 4 is 23.2 Å². The molecule has 0 unspecified atom stereocenters. The minimum atomic E-state index is -0.900. The van der Waals surface area contributed by atoms with Crippen LogP contribution in [0.5, 0.6) is 0 Å². The molecule has 6 atom stereocenters. The lowest BCUT2D eigenvalue weighted by molar-refractivity contribution is -0.128. The van der Waals surface area contributed by atoms with Crippen molar-refractivity contribution in [1.82, 2.24) is 21.3 Å². The molecule has 0 aliphatic carbocycles. The molecule has 2 heterocycles. The van der Waals surface area contributed by atoms with Crippen LogP contribution >= 0.6 is 0 Å². The molecule has 0 bridgehead atoms. The second-order valence-corrected chi connectivity index (χ2v) is 23.0. The van der Waals surface area contributed by atoms with E-state index in [-0.39, 0.29) is 71.7 Å². The second-order valence-electron chi connectivity index (χ2n) is 23.0. The topological polar surface area (TPSA) is 147 Å². The Hall–Kier alpha value is -4.74. The summed E-state index contributed by atoms with van der Waals surface area (Å²) in [6.07, 6.45) is 2.51. The Labute approximate surface area is 395 Å². The molecule has 2 aliphatic heterocycles. The molecule has 66 heavy (non-hydrogen) atoms. The zero-order valence-electron chi connectivity index (χ0n) is 41.5. The van der Waals surface area contributed by atoms with Gasteiger partial charge >= 0.3 is 0 Å². The molecule has 0 saturated carbocycles. The summed E-state index contributed by atoms with van der Waals surface area (Å²) in [5.74, 6) is -0.629. The van der Waals surface area contributed by atoms with Gasteiger partial charge in [-0.3, -0.25) is 9.59 Å². The summed E-state index contributed by atoms with van der Waals surface area (Å²) < 4.78 is 0. The molecule has 8 N–H and O–H groups in total. The van der Waals surface area contributed by atoms with E-state index in [4.69, 9.17) is 0 Å². The van der Waals surface area contributed by atoms with Gasteiger partial charge in [0, 0.05) is 60.5 Å². The van der Waals surface area contributed by atoms with E-state index in [9.17, 15) is 19.8 Å². The van der Waals surface area contributed by atoms with Crippen molar-refractivity contribution in [3.8, 4) is 0 Å². The van der Waals surface area contributed by atoms with Gasteiger partial charge < -0.3 is 42.1 Å². The SMILES string of the molecule is CC(C)(C)Cc1ccc2c(c1)[C@@H](NC[C@H](O)[C@H](Cc1ccccc1)NC(=O)CCC(=O)N[C@@H](Cc1ccccc1)[C@@H](O)CN[C@@H]1CC(C)(C)Nc3ccc(CC(C)(C)C)cc31)CC(C)(C)N2. The molecule has 0 saturated heterocycles. The monoisotopic (exact) mass is 901 g/mol. The fourth-order valence-electron chi connectivity index (χ4n) is 9.81. The third kappa shape index (κ3) is 15.4. The summed E-state index contributed by atoms with van der Waals surface area (Å²) in [6.45, 7) is 22.8. The highest BCUT2D eigenvalue weighted by atomic mass is 16.3. The third-order valence-electron chi connectivity index (χ3n) is 12.8. The number of hydrogen-bond acceptors (Lipinski definition) is 8. The Morgan fingerprint density at radius 2 is 0.939 bits per heavy atom. The van der Waals surface area contributed by atoms with E-state index < -0.39 is 24.3 Å². The molecule has 0 spiro atoms. The summed E-state index contributed by atoms with van der Waals surface area (Å²) in [7, 11) is 0. The molecule has 10 heteroatoms. The number of carbonyl (C=O) groups is 2. The summed E-state index contributed by atoms with van der Waals surface area (Å²) >= 11 is 0. The molecule has 4 aromatic carbocycles. The number of aliphatic hydroxyl groups is 2. The molecule has 2 aliphatic rings. The average molecular weight is 901 g/mol. The Bertz CT molecular complexity index is 2060. The highest BCUT2D eigenvalue weighted by molar-refractivity contribution is 5.84. The first-order valence-corrected chi connectivity index (χ1v) is 24.3. The quantitative estimate of drug-likeness (QED) is 0.0466. The Morgan fingerprint density at radius 3 is 1.29 bits per heavy atom. The van der Waals surface area contributed by atoms with Gasteiger partial charge in [0.25, 0.3) is 0 Å². The predicted octanol–water partition coefficient (Wildman–Crippen LogP) is 8.97. The minimum absolute atomic E-state index is 0.00518. The van der Waals surface area contributed by atoms with E-state index in [1.54, 1.807) is 0 Å². The van der Waals surface area contributed by atoms with Gasteiger partial charge in [-0.25, -0.2) is 0 Å². The number of hydrogen-bond donors (Lipinski definition) is 8. The van der Waals surface area contributed by atoms with Crippen molar-refractivity contribution in [2.75, 3.05) is 23.7 Å². The van der Waals surface area contributed by atoms with Gasteiger partial charge in [0.15, 0.2) is 0 Å². The van der Waals surface area contributed by atoms with Crippen LogP contribution < -0.4 is 31.9 Å². The Morgan fingerprint density at radius 1 is 0.576 bits per heavy atom. The maximum Gasteiger partial charge on any atom is 0.220 e. The summed E-state index contributed by atoms with van der Waals surface area (Å²) in [6, 6.07) is 31.9. The second kappa shape index (κ2) is 21.5. The summed E-state index contributed by atoms with van der Waals surface area (Å²) in [5, 5.41) is 44.6. The molecule has 358 valence electrons. The van der Waals surface area contributed by atoms with Crippen molar-refractivity contribution in [1.29, 1.82) is 0 Å². The average Bonchev–Trinajstić information content (AvgIpc) is 3.22. The van der Waals surface area contributed by atoms with Gasteiger partial charge in [0.2, 0.25) is 11.8 Å². The first kappa shape index (κ1) is 50.7. The third-order valence-corrected chi connectivity index (χ3v) is 12.8. The number of aliphatic hydroxyl groups excluding tert-OH is 2. The smallest absolute Gasteiger partial charge is 0.220 e. The largest absolute Gasteiger partial charge is 0.390 e. The van der Waals surface area contributed by atoms with Crippen molar-refractivity contribution in [3.05, 3.63) is 130 Å². The van der Waals surface area contributed by atoms with Crippen molar-refractivity contribution < 1.29 is 19.8 Å². The van der Waals surface area contributed by atoms with Gasteiger partial charge in [-0.05, 0) is 123 Å². The first-order chi connectivity index (χ1) is 31.0. The zero-order valence-corrected chi connectivity index (χ0v) is 41.5. The van der Waals surface area contributed by atoms with E-state index in [0.29, 0.717) is 12.8 Å². The minimum Gasteiger partial charge on any atom is -0.390 e. The van der Waals surface area contributed by atoms with Gasteiger partial charge in [-0.1, -0.05) is 126 Å². The predicted molar refractivity (Wildman–Crippen MR) is 271 cm³/mol. The van der Waals surface area contributed by atoms with Crippen LogP contribution in [0, 0.1) is 10.8 Å². The summed E-state index contributed by atoms with van der Waals surface area (Å²) in [5.41, 5.74) is 9.11. The standard InChI is InChI=1S/C56H80N6O4/c1-53(2,3)31-39-21-23-43-41(27-39)47(33-55(7,8)61-43)57-35-49(63)45(29-37-17-13-11-14-18-37)59-51(65)25-26-52(66)60-46(30-38-19-15-12-16-20-38)50(64)36-58-48-34-56(9,10)62-44-24-22-40(28-42(44)48)32-54(4,5)6/h11-24,27-28,45-50,57-58,61-64H,25-26,29-36H2,1-10H3,(H,59,65)(H,60,66)/t45-,46-,47-,48+,49-,50-/m0/s1. The molecular formula is C56H80N6O4.